The standard InChI is InChI=1S/C21H27N3O4/c1-27-20-11-17-15(10-18(20)22-21(26)19-4-2-3-9-28-19)12-24(23-17)16-7-5-14(13-25)6-8-16/h10-14,16,19H,2-9H2,1H3,(H,22,26). The fourth-order valence-electron chi connectivity index (χ4n) is 4.19. The van der Waals surface area contributed by atoms with Crippen LogP contribution in [-0.4, -0.2) is 41.8 Å². The fourth-order valence-corrected chi connectivity index (χ4v) is 4.19. The van der Waals surface area contributed by atoms with E-state index in [1.54, 1.807) is 7.11 Å². The number of rotatable bonds is 5. The maximum absolute atomic E-state index is 12.5. The van der Waals surface area contributed by atoms with Gasteiger partial charge in [0.1, 0.15) is 18.1 Å². The molecule has 1 unspecified atom stereocenters. The first kappa shape index (κ1) is 18.9. The van der Waals surface area contributed by atoms with Crippen LogP contribution >= 0.6 is 0 Å². The number of nitrogens with one attached hydrogen (secondary N) is 1. The maximum Gasteiger partial charge on any atom is 0.253 e. The zero-order valence-corrected chi connectivity index (χ0v) is 16.2. The molecule has 1 saturated heterocycles. The number of nitrogens with zero attached hydrogens (tertiary/aromatic N) is 2. The van der Waals surface area contributed by atoms with Crippen molar-refractivity contribution in [1.82, 2.24) is 9.78 Å². The van der Waals surface area contributed by atoms with Crippen LogP contribution in [0.4, 0.5) is 5.69 Å². The molecular formula is C21H27N3O4. The molecule has 0 spiro atoms. The summed E-state index contributed by atoms with van der Waals surface area (Å²) in [5, 5.41) is 8.63. The summed E-state index contributed by atoms with van der Waals surface area (Å²) in [6.07, 6.45) is 9.20. The molecule has 4 rings (SSSR count). The van der Waals surface area contributed by atoms with E-state index in [1.165, 1.54) is 0 Å². The number of amides is 1. The Labute approximate surface area is 164 Å². The third kappa shape index (κ3) is 3.90. The summed E-state index contributed by atoms with van der Waals surface area (Å²) in [5.74, 6) is 0.647. The van der Waals surface area contributed by atoms with Gasteiger partial charge in [0, 0.05) is 30.2 Å². The molecule has 1 N–H and O–H groups in total. The largest absolute Gasteiger partial charge is 0.494 e. The van der Waals surface area contributed by atoms with Crippen LogP contribution in [0.3, 0.4) is 0 Å². The summed E-state index contributed by atoms with van der Waals surface area (Å²) < 4.78 is 13.1. The molecule has 0 bridgehead atoms. The van der Waals surface area contributed by atoms with Crippen LogP contribution in [0.5, 0.6) is 5.75 Å². The predicted molar refractivity (Wildman–Crippen MR) is 106 cm³/mol. The highest BCUT2D eigenvalue weighted by atomic mass is 16.5. The van der Waals surface area contributed by atoms with Gasteiger partial charge in [0.25, 0.3) is 5.91 Å². The molecule has 150 valence electrons. The molecule has 1 atom stereocenters. The molecule has 1 aromatic carbocycles. The molecule has 1 amide bonds. The number of aldehydes is 1. The van der Waals surface area contributed by atoms with Gasteiger partial charge in [0.15, 0.2) is 0 Å². The zero-order valence-electron chi connectivity index (χ0n) is 16.2. The zero-order chi connectivity index (χ0) is 19.5. The molecule has 2 aromatic rings. The second-order valence-corrected chi connectivity index (χ2v) is 7.77. The Kier molecular flexibility index (Phi) is 5.62. The molecule has 7 nitrogen and oxygen atoms in total. The van der Waals surface area contributed by atoms with Gasteiger partial charge in [-0.1, -0.05) is 0 Å². The second kappa shape index (κ2) is 8.31. The lowest BCUT2D eigenvalue weighted by Gasteiger charge is -2.25. The molecule has 1 aromatic heterocycles. The third-order valence-electron chi connectivity index (χ3n) is 5.88. The number of methoxy groups -OCH3 is 1. The number of anilines is 1. The van der Waals surface area contributed by atoms with Crippen LogP contribution in [-0.2, 0) is 14.3 Å². The fraction of sp³-hybridized carbons (Fsp3) is 0.571. The van der Waals surface area contributed by atoms with Crippen LogP contribution < -0.4 is 10.1 Å². The average molecular weight is 385 g/mol. The van der Waals surface area contributed by atoms with Crippen LogP contribution in [0.15, 0.2) is 18.3 Å². The monoisotopic (exact) mass is 385 g/mol. The molecular weight excluding hydrogens is 358 g/mol. The van der Waals surface area contributed by atoms with Gasteiger partial charge < -0.3 is 19.6 Å². The number of carbonyl (C=O) groups excluding carboxylic acids is 2. The van der Waals surface area contributed by atoms with Gasteiger partial charge in [-0.3, -0.25) is 9.48 Å². The number of carbonyl (C=O) groups is 2. The first-order chi connectivity index (χ1) is 13.7. The van der Waals surface area contributed by atoms with Gasteiger partial charge in [-0.15, -0.1) is 0 Å². The molecule has 0 radical (unpaired) electrons. The number of hydrogen-bond acceptors (Lipinski definition) is 5. The lowest BCUT2D eigenvalue weighted by molar-refractivity contribution is -0.130. The smallest absolute Gasteiger partial charge is 0.253 e. The lowest BCUT2D eigenvalue weighted by atomic mass is 9.87. The third-order valence-corrected chi connectivity index (χ3v) is 5.88. The van der Waals surface area contributed by atoms with Crippen molar-refractivity contribution in [1.29, 1.82) is 0 Å². The van der Waals surface area contributed by atoms with E-state index in [1.807, 2.05) is 23.0 Å². The van der Waals surface area contributed by atoms with Gasteiger partial charge in [-0.25, -0.2) is 0 Å². The second-order valence-electron chi connectivity index (χ2n) is 7.77. The van der Waals surface area contributed by atoms with Crippen LogP contribution in [0.25, 0.3) is 10.9 Å². The summed E-state index contributed by atoms with van der Waals surface area (Å²) >= 11 is 0. The Morgan fingerprint density at radius 1 is 1.25 bits per heavy atom. The van der Waals surface area contributed by atoms with Crippen LogP contribution in [0.2, 0.25) is 0 Å². The van der Waals surface area contributed by atoms with E-state index in [2.05, 4.69) is 5.32 Å². The Balaban J connectivity index is 1.54. The predicted octanol–water partition coefficient (Wildman–Crippen LogP) is 3.48. The minimum Gasteiger partial charge on any atom is -0.494 e. The highest BCUT2D eigenvalue weighted by Crippen LogP contribution is 2.34. The number of hydrogen-bond donors (Lipinski definition) is 1. The molecule has 1 aliphatic heterocycles. The number of ether oxygens (including phenoxy) is 2. The van der Waals surface area contributed by atoms with E-state index in [0.29, 0.717) is 24.1 Å². The normalized spacial score (nSPS) is 25.4. The topological polar surface area (TPSA) is 82.5 Å². The Morgan fingerprint density at radius 3 is 2.75 bits per heavy atom. The summed E-state index contributed by atoms with van der Waals surface area (Å²) in [5.41, 5.74) is 1.47. The lowest BCUT2D eigenvalue weighted by Crippen LogP contribution is -2.33. The minimum absolute atomic E-state index is 0.128. The van der Waals surface area contributed by atoms with Gasteiger partial charge in [-0.2, -0.15) is 5.10 Å². The Hall–Kier alpha value is -2.41. The van der Waals surface area contributed by atoms with E-state index in [0.717, 1.165) is 62.1 Å². The molecule has 1 aliphatic carbocycles. The van der Waals surface area contributed by atoms with Gasteiger partial charge in [-0.05, 0) is 51.0 Å². The van der Waals surface area contributed by atoms with Gasteiger partial charge in [0.05, 0.1) is 24.4 Å². The summed E-state index contributed by atoms with van der Waals surface area (Å²) in [6, 6.07) is 4.08. The van der Waals surface area contributed by atoms with Crippen LogP contribution in [0.1, 0.15) is 51.0 Å². The summed E-state index contributed by atoms with van der Waals surface area (Å²) in [7, 11) is 1.59. The molecule has 2 heterocycles. The van der Waals surface area contributed by atoms with Crippen molar-refractivity contribution in [3.8, 4) is 5.75 Å². The van der Waals surface area contributed by atoms with Crippen LogP contribution in [0, 0.1) is 5.92 Å². The van der Waals surface area contributed by atoms with E-state index < -0.39 is 6.10 Å². The van der Waals surface area contributed by atoms with Crippen molar-refractivity contribution in [2.45, 2.75) is 57.1 Å². The van der Waals surface area contributed by atoms with Crippen molar-refractivity contribution in [2.24, 2.45) is 5.92 Å². The minimum atomic E-state index is -0.398. The van der Waals surface area contributed by atoms with E-state index in [9.17, 15) is 9.59 Å². The molecule has 1 saturated carbocycles. The Bertz CT molecular complexity index is 849. The quantitative estimate of drug-likeness (QED) is 0.797. The van der Waals surface area contributed by atoms with Gasteiger partial charge >= 0.3 is 0 Å². The first-order valence-electron chi connectivity index (χ1n) is 10.1. The highest BCUT2D eigenvalue weighted by Gasteiger charge is 2.25. The van der Waals surface area contributed by atoms with Crippen molar-refractivity contribution in [2.75, 3.05) is 19.0 Å². The number of benzene rings is 1. The highest BCUT2D eigenvalue weighted by molar-refractivity contribution is 5.98. The SMILES string of the molecule is COc1cc2nn(C3CCC(C=O)CC3)cc2cc1NC(=O)C1CCCCO1. The summed E-state index contributed by atoms with van der Waals surface area (Å²) in [6.45, 7) is 0.632. The van der Waals surface area contributed by atoms with Gasteiger partial charge in [0.2, 0.25) is 0 Å². The first-order valence-corrected chi connectivity index (χ1v) is 10.1. The van der Waals surface area contributed by atoms with E-state index in [4.69, 9.17) is 14.6 Å². The molecule has 2 fully saturated rings. The number of aromatic nitrogens is 2. The van der Waals surface area contributed by atoms with Crippen molar-refractivity contribution < 1.29 is 19.1 Å². The van der Waals surface area contributed by atoms with Crippen molar-refractivity contribution in [3.63, 3.8) is 0 Å². The molecule has 7 heteroatoms. The number of fused-ring (bicyclic) bond motifs is 1. The summed E-state index contributed by atoms with van der Waals surface area (Å²) in [4.78, 5) is 23.5. The molecule has 2 aliphatic rings. The molecule has 28 heavy (non-hydrogen) atoms. The average Bonchev–Trinajstić information content (AvgIpc) is 3.16. The van der Waals surface area contributed by atoms with E-state index >= 15 is 0 Å². The van der Waals surface area contributed by atoms with Crippen molar-refractivity contribution in [3.05, 3.63) is 18.3 Å². The van der Waals surface area contributed by atoms with E-state index in [-0.39, 0.29) is 11.8 Å². The Morgan fingerprint density at radius 2 is 2.07 bits per heavy atom. The van der Waals surface area contributed by atoms with Crippen molar-refractivity contribution >= 4 is 28.8 Å². The maximum atomic E-state index is 12.5.